The molecule has 1 saturated carbocycles. The highest BCUT2D eigenvalue weighted by molar-refractivity contribution is 5.74. The predicted molar refractivity (Wildman–Crippen MR) is 77.5 cm³/mol. The number of aromatic nitrogens is 5. The van der Waals surface area contributed by atoms with Gasteiger partial charge in [-0.25, -0.2) is 4.98 Å². The van der Waals surface area contributed by atoms with Gasteiger partial charge < -0.3 is 4.98 Å². The zero-order valence-corrected chi connectivity index (χ0v) is 11.5. The van der Waals surface area contributed by atoms with Crippen molar-refractivity contribution in [2.45, 2.75) is 32.1 Å². The van der Waals surface area contributed by atoms with Gasteiger partial charge in [-0.2, -0.15) is 0 Å². The minimum absolute atomic E-state index is 0.419. The third kappa shape index (κ3) is 1.52. The van der Waals surface area contributed by atoms with Crippen molar-refractivity contribution < 1.29 is 0 Å². The second-order valence-electron chi connectivity index (χ2n) is 5.65. The van der Waals surface area contributed by atoms with Crippen LogP contribution in [0.25, 0.3) is 16.8 Å². The number of rotatable bonds is 2. The molecule has 1 aliphatic rings. The molecule has 5 nitrogen and oxygen atoms in total. The Morgan fingerprint density at radius 1 is 1.40 bits per heavy atom. The largest absolute Gasteiger partial charge is 0.345 e. The maximum absolute atomic E-state index is 4.46. The molecule has 0 spiro atoms. The molecule has 0 bridgehead atoms. The van der Waals surface area contributed by atoms with Gasteiger partial charge in [-0.15, -0.1) is 10.2 Å². The smallest absolute Gasteiger partial charge is 0.179 e. The predicted octanol–water partition coefficient (Wildman–Crippen LogP) is 3.07. The second-order valence-corrected chi connectivity index (χ2v) is 5.65. The van der Waals surface area contributed by atoms with E-state index in [0.717, 1.165) is 41.9 Å². The van der Waals surface area contributed by atoms with E-state index in [4.69, 9.17) is 0 Å². The van der Waals surface area contributed by atoms with Crippen molar-refractivity contribution in [1.82, 2.24) is 24.6 Å². The van der Waals surface area contributed by atoms with Crippen LogP contribution in [0, 0.1) is 5.92 Å². The summed E-state index contributed by atoms with van der Waals surface area (Å²) >= 11 is 0. The van der Waals surface area contributed by atoms with Crippen LogP contribution in [-0.2, 0) is 0 Å². The van der Waals surface area contributed by atoms with Gasteiger partial charge in [0.05, 0.1) is 11.7 Å². The summed E-state index contributed by atoms with van der Waals surface area (Å²) in [6, 6.07) is 2.03. The van der Waals surface area contributed by atoms with E-state index in [0.29, 0.717) is 11.8 Å². The van der Waals surface area contributed by atoms with Gasteiger partial charge in [0.15, 0.2) is 11.3 Å². The molecule has 2 unspecified atom stereocenters. The summed E-state index contributed by atoms with van der Waals surface area (Å²) in [5, 5.41) is 8.75. The lowest BCUT2D eigenvalue weighted by atomic mass is 9.93. The first kappa shape index (κ1) is 11.6. The van der Waals surface area contributed by atoms with Crippen molar-refractivity contribution in [3.63, 3.8) is 0 Å². The third-order valence-corrected chi connectivity index (χ3v) is 4.45. The average Bonchev–Trinajstić information content (AvgIpc) is 3.13. The number of fused-ring (bicyclic) bond motifs is 3. The average molecular weight is 267 g/mol. The van der Waals surface area contributed by atoms with Crippen LogP contribution in [-0.4, -0.2) is 24.6 Å². The Balaban J connectivity index is 1.95. The van der Waals surface area contributed by atoms with Crippen LogP contribution in [0.1, 0.15) is 37.9 Å². The highest BCUT2D eigenvalue weighted by Crippen LogP contribution is 2.43. The quantitative estimate of drug-likeness (QED) is 0.726. The fourth-order valence-corrected chi connectivity index (χ4v) is 3.44. The van der Waals surface area contributed by atoms with E-state index in [1.165, 1.54) is 5.57 Å². The van der Waals surface area contributed by atoms with E-state index >= 15 is 0 Å². The number of allylic oxidation sites excluding steroid dienone is 1. The van der Waals surface area contributed by atoms with E-state index in [1.54, 1.807) is 6.20 Å². The molecule has 4 rings (SSSR count). The molecule has 5 heteroatoms. The molecule has 0 saturated heterocycles. The van der Waals surface area contributed by atoms with Crippen molar-refractivity contribution in [3.05, 3.63) is 36.4 Å². The number of H-pyrrole nitrogens is 1. The maximum atomic E-state index is 4.46. The number of aromatic amines is 1. The molecule has 0 amide bonds. The Morgan fingerprint density at radius 2 is 2.30 bits per heavy atom. The molecule has 0 aliphatic heterocycles. The molecule has 3 aromatic rings. The molecule has 2 atom stereocenters. The van der Waals surface area contributed by atoms with Gasteiger partial charge >= 0.3 is 0 Å². The van der Waals surface area contributed by atoms with Gasteiger partial charge in [0.2, 0.25) is 0 Å². The van der Waals surface area contributed by atoms with E-state index < -0.39 is 0 Å². The minimum Gasteiger partial charge on any atom is -0.345 e. The van der Waals surface area contributed by atoms with Gasteiger partial charge in [-0.1, -0.05) is 25.5 Å². The van der Waals surface area contributed by atoms with E-state index in [-0.39, 0.29) is 0 Å². The maximum Gasteiger partial charge on any atom is 0.179 e. The monoisotopic (exact) mass is 267 g/mol. The van der Waals surface area contributed by atoms with E-state index in [2.05, 4.69) is 38.1 Å². The normalized spacial score (nSPS) is 23.1. The van der Waals surface area contributed by atoms with Crippen LogP contribution in [0.5, 0.6) is 0 Å². The fourth-order valence-electron chi connectivity index (χ4n) is 3.44. The fraction of sp³-hybridized carbons (Fsp3) is 0.400. The van der Waals surface area contributed by atoms with Crippen molar-refractivity contribution in [2.75, 3.05) is 0 Å². The number of hydrogen-bond acceptors (Lipinski definition) is 3. The Hall–Kier alpha value is -2.17. The van der Waals surface area contributed by atoms with Crippen molar-refractivity contribution in [2.24, 2.45) is 5.92 Å². The molecule has 1 aliphatic carbocycles. The Kier molecular flexibility index (Phi) is 2.42. The van der Waals surface area contributed by atoms with Crippen molar-refractivity contribution in [1.29, 1.82) is 0 Å². The molecule has 20 heavy (non-hydrogen) atoms. The lowest BCUT2D eigenvalue weighted by Crippen LogP contribution is -2.09. The van der Waals surface area contributed by atoms with Gasteiger partial charge in [-0.3, -0.25) is 4.40 Å². The lowest BCUT2D eigenvalue weighted by molar-refractivity contribution is 0.452. The summed E-state index contributed by atoms with van der Waals surface area (Å²) in [7, 11) is 0. The summed E-state index contributed by atoms with van der Waals surface area (Å²) in [5.41, 5.74) is 4.08. The van der Waals surface area contributed by atoms with Gasteiger partial charge in [0, 0.05) is 12.1 Å². The first-order chi connectivity index (χ1) is 9.78. The molecule has 3 aromatic heterocycles. The van der Waals surface area contributed by atoms with Crippen LogP contribution in [0.2, 0.25) is 0 Å². The number of nitrogens with one attached hydrogen (secondary N) is 1. The Bertz CT molecular complexity index is 797. The summed E-state index contributed by atoms with van der Waals surface area (Å²) in [6.45, 7) is 6.41. The molecule has 3 heterocycles. The summed E-state index contributed by atoms with van der Waals surface area (Å²) in [6.07, 6.45) is 6.97. The highest BCUT2D eigenvalue weighted by Gasteiger charge is 2.33. The zero-order valence-electron chi connectivity index (χ0n) is 11.5. The van der Waals surface area contributed by atoms with Crippen LogP contribution in [0.3, 0.4) is 0 Å². The minimum atomic E-state index is 0.419. The van der Waals surface area contributed by atoms with Crippen molar-refractivity contribution >= 4 is 16.8 Å². The molecule has 102 valence electrons. The van der Waals surface area contributed by atoms with E-state index in [1.807, 2.05) is 12.3 Å². The second kappa shape index (κ2) is 4.16. The van der Waals surface area contributed by atoms with Crippen molar-refractivity contribution in [3.8, 4) is 0 Å². The number of nitrogens with zero attached hydrogens (tertiary/aromatic N) is 4. The lowest BCUT2D eigenvalue weighted by Gasteiger charge is -2.15. The molecular formula is C15H17N5. The van der Waals surface area contributed by atoms with Gasteiger partial charge in [0.25, 0.3) is 0 Å². The van der Waals surface area contributed by atoms with Crippen LogP contribution in [0.4, 0.5) is 0 Å². The molecule has 1 N–H and O–H groups in total. The van der Waals surface area contributed by atoms with Crippen LogP contribution >= 0.6 is 0 Å². The summed E-state index contributed by atoms with van der Waals surface area (Å²) in [5.74, 6) is 2.09. The summed E-state index contributed by atoms with van der Waals surface area (Å²) in [4.78, 5) is 7.52. The molecule has 0 radical (unpaired) electrons. The first-order valence-corrected chi connectivity index (χ1v) is 7.11. The van der Waals surface area contributed by atoms with E-state index in [9.17, 15) is 0 Å². The Labute approximate surface area is 116 Å². The third-order valence-electron chi connectivity index (χ3n) is 4.45. The van der Waals surface area contributed by atoms with Gasteiger partial charge in [-0.05, 0) is 24.8 Å². The highest BCUT2D eigenvalue weighted by atomic mass is 15.3. The molecule has 0 aromatic carbocycles. The Morgan fingerprint density at radius 3 is 3.15 bits per heavy atom. The van der Waals surface area contributed by atoms with Crippen LogP contribution < -0.4 is 0 Å². The first-order valence-electron chi connectivity index (χ1n) is 7.11. The summed E-state index contributed by atoms with van der Waals surface area (Å²) < 4.78 is 2.14. The topological polar surface area (TPSA) is 58.9 Å². The number of hydrogen-bond donors (Lipinski definition) is 1. The standard InChI is InChI=1S/C15H17N5/c1-3-10-6-9(2)7-11(10)15-19-18-13-8-17-14-12(20(13)15)4-5-16-14/h4-5,8,10-11,16H,2-3,6-7H2,1H3. The molecule has 1 fully saturated rings. The molecular weight excluding hydrogens is 250 g/mol. The SMILES string of the molecule is C=C1CC(CC)C(c2nnc3cnc4[nH]ccc4n23)C1. The zero-order chi connectivity index (χ0) is 13.7. The van der Waals surface area contributed by atoms with Gasteiger partial charge in [0.1, 0.15) is 5.82 Å². The van der Waals surface area contributed by atoms with Crippen LogP contribution in [0.15, 0.2) is 30.6 Å².